The average molecular weight is 197 g/mol. The van der Waals surface area contributed by atoms with Gasteiger partial charge < -0.3 is 11.1 Å². The number of aromatic nitrogens is 1. The van der Waals surface area contributed by atoms with Crippen molar-refractivity contribution in [1.29, 1.82) is 0 Å². The zero-order valence-electron chi connectivity index (χ0n) is 7.79. The number of hydrogen-bond donors (Lipinski definition) is 2. The van der Waals surface area contributed by atoms with Crippen LogP contribution in [0.1, 0.15) is 19.8 Å². The minimum atomic E-state index is 0.769. The smallest absolute Gasteiger partial charge is 0.184 e. The van der Waals surface area contributed by atoms with Gasteiger partial charge in [-0.05, 0) is 24.7 Å². The summed E-state index contributed by atoms with van der Waals surface area (Å²) < 4.78 is 0. The van der Waals surface area contributed by atoms with Crippen molar-refractivity contribution in [2.75, 3.05) is 17.6 Å². The van der Waals surface area contributed by atoms with Gasteiger partial charge in [-0.2, -0.15) is 0 Å². The van der Waals surface area contributed by atoms with Crippen LogP contribution in [0, 0.1) is 11.8 Å². The largest absolute Gasteiger partial charge is 0.389 e. The Hall–Kier alpha value is -0.770. The number of hydrogen-bond acceptors (Lipinski definition) is 4. The van der Waals surface area contributed by atoms with Crippen LogP contribution in [0.5, 0.6) is 0 Å². The Morgan fingerprint density at radius 1 is 1.77 bits per heavy atom. The van der Waals surface area contributed by atoms with E-state index in [4.69, 9.17) is 5.73 Å². The summed E-state index contributed by atoms with van der Waals surface area (Å²) in [6.45, 7) is 3.32. The Kier molecular flexibility index (Phi) is 2.40. The Morgan fingerprint density at radius 3 is 3.08 bits per heavy atom. The van der Waals surface area contributed by atoms with Gasteiger partial charge in [0, 0.05) is 6.54 Å². The van der Waals surface area contributed by atoms with Crippen LogP contribution in [0.15, 0.2) is 6.20 Å². The van der Waals surface area contributed by atoms with Gasteiger partial charge in [-0.3, -0.25) is 0 Å². The molecule has 3 nitrogen and oxygen atoms in total. The van der Waals surface area contributed by atoms with Gasteiger partial charge in [0.25, 0.3) is 0 Å². The molecule has 0 aliphatic heterocycles. The maximum absolute atomic E-state index is 5.57. The fourth-order valence-electron chi connectivity index (χ4n) is 1.45. The molecule has 3 N–H and O–H groups in total. The normalized spacial score (nSPS) is 18.5. The van der Waals surface area contributed by atoms with E-state index < -0.39 is 0 Å². The van der Waals surface area contributed by atoms with Gasteiger partial charge in [-0.15, -0.1) is 0 Å². The van der Waals surface area contributed by atoms with Gasteiger partial charge in [0.15, 0.2) is 5.13 Å². The molecule has 1 aliphatic rings. The minimum Gasteiger partial charge on any atom is -0.389 e. The lowest BCUT2D eigenvalue weighted by atomic mass is 10.1. The van der Waals surface area contributed by atoms with E-state index in [-0.39, 0.29) is 0 Å². The number of thiazole rings is 1. The molecule has 2 rings (SSSR count). The number of nitrogen functional groups attached to an aromatic ring is 1. The summed E-state index contributed by atoms with van der Waals surface area (Å²) in [6, 6.07) is 0. The maximum Gasteiger partial charge on any atom is 0.184 e. The van der Waals surface area contributed by atoms with Crippen molar-refractivity contribution < 1.29 is 0 Å². The van der Waals surface area contributed by atoms with Crippen molar-refractivity contribution in [3.8, 4) is 0 Å². The molecule has 1 aromatic rings. The van der Waals surface area contributed by atoms with Crippen molar-refractivity contribution in [2.45, 2.75) is 19.8 Å². The third kappa shape index (κ3) is 2.34. The molecule has 4 heteroatoms. The molecule has 1 heterocycles. The zero-order chi connectivity index (χ0) is 9.26. The summed E-state index contributed by atoms with van der Waals surface area (Å²) in [6.07, 6.45) is 4.51. The van der Waals surface area contributed by atoms with Crippen molar-refractivity contribution >= 4 is 21.5 Å². The van der Waals surface area contributed by atoms with Gasteiger partial charge in [-0.25, -0.2) is 4.98 Å². The van der Waals surface area contributed by atoms with E-state index in [0.717, 1.165) is 28.5 Å². The fraction of sp³-hybridized carbons (Fsp3) is 0.667. The average Bonchev–Trinajstić information content (AvgIpc) is 2.87. The highest BCUT2D eigenvalue weighted by Crippen LogP contribution is 2.36. The van der Waals surface area contributed by atoms with Crippen LogP contribution in [0.4, 0.5) is 10.1 Å². The summed E-state index contributed by atoms with van der Waals surface area (Å²) in [5.74, 6) is 1.72. The van der Waals surface area contributed by atoms with Crippen LogP contribution in [0.2, 0.25) is 0 Å². The van der Waals surface area contributed by atoms with Gasteiger partial charge in [0.1, 0.15) is 5.00 Å². The number of nitrogens with zero attached hydrogens (tertiary/aromatic N) is 1. The third-order valence-corrected chi connectivity index (χ3v) is 3.31. The second-order valence-electron chi connectivity index (χ2n) is 3.76. The predicted octanol–water partition coefficient (Wildman–Crippen LogP) is 2.18. The molecule has 1 saturated carbocycles. The first-order valence-corrected chi connectivity index (χ1v) is 5.52. The highest BCUT2D eigenvalue weighted by atomic mass is 32.1. The zero-order valence-corrected chi connectivity index (χ0v) is 8.60. The molecular formula is C9H15N3S. The monoisotopic (exact) mass is 197 g/mol. The summed E-state index contributed by atoms with van der Waals surface area (Å²) in [4.78, 5) is 4.15. The first-order chi connectivity index (χ1) is 6.25. The van der Waals surface area contributed by atoms with Gasteiger partial charge >= 0.3 is 0 Å². The van der Waals surface area contributed by atoms with Crippen LogP contribution >= 0.6 is 11.3 Å². The quantitative estimate of drug-likeness (QED) is 0.778. The summed E-state index contributed by atoms with van der Waals surface area (Å²) in [5, 5.41) is 5.04. The van der Waals surface area contributed by atoms with E-state index in [2.05, 4.69) is 17.2 Å². The molecule has 0 spiro atoms. The standard InChI is InChI=1S/C9H15N3S/c1-6(7-2-3-7)4-11-9-12-5-8(10)13-9/h5-7H,2-4,10H2,1H3,(H,11,12). The lowest BCUT2D eigenvalue weighted by Gasteiger charge is -2.09. The van der Waals surface area contributed by atoms with Crippen LogP contribution in [-0.4, -0.2) is 11.5 Å². The maximum atomic E-state index is 5.57. The minimum absolute atomic E-state index is 0.769. The summed E-state index contributed by atoms with van der Waals surface area (Å²) in [7, 11) is 0. The highest BCUT2D eigenvalue weighted by molar-refractivity contribution is 7.19. The molecule has 0 radical (unpaired) electrons. The summed E-state index contributed by atoms with van der Waals surface area (Å²) in [5.41, 5.74) is 5.57. The van der Waals surface area contributed by atoms with E-state index in [1.807, 2.05) is 0 Å². The molecule has 72 valence electrons. The Bertz CT molecular complexity index is 280. The fourth-order valence-corrected chi connectivity index (χ4v) is 2.04. The van der Waals surface area contributed by atoms with Gasteiger partial charge in [0.2, 0.25) is 0 Å². The van der Waals surface area contributed by atoms with Crippen molar-refractivity contribution in [2.24, 2.45) is 11.8 Å². The lowest BCUT2D eigenvalue weighted by molar-refractivity contribution is 0.536. The second kappa shape index (κ2) is 3.54. The molecule has 0 aromatic carbocycles. The van der Waals surface area contributed by atoms with Crippen molar-refractivity contribution in [3.05, 3.63) is 6.20 Å². The highest BCUT2D eigenvalue weighted by Gasteiger charge is 2.27. The molecule has 0 bridgehead atoms. The molecule has 13 heavy (non-hydrogen) atoms. The second-order valence-corrected chi connectivity index (χ2v) is 4.83. The van der Waals surface area contributed by atoms with Gasteiger partial charge in [0.05, 0.1) is 6.20 Å². The molecule has 1 atom stereocenters. The third-order valence-electron chi connectivity index (χ3n) is 2.53. The van der Waals surface area contributed by atoms with Crippen molar-refractivity contribution in [1.82, 2.24) is 4.98 Å². The molecule has 1 aliphatic carbocycles. The Balaban J connectivity index is 1.78. The first-order valence-electron chi connectivity index (χ1n) is 4.71. The van der Waals surface area contributed by atoms with Crippen molar-refractivity contribution in [3.63, 3.8) is 0 Å². The molecule has 1 unspecified atom stereocenters. The molecule has 0 saturated heterocycles. The van der Waals surface area contributed by atoms with Crippen LogP contribution < -0.4 is 11.1 Å². The molecule has 1 aromatic heterocycles. The number of rotatable bonds is 4. The van der Waals surface area contributed by atoms with Crippen LogP contribution in [-0.2, 0) is 0 Å². The Labute approximate surface area is 82.4 Å². The molecular weight excluding hydrogens is 182 g/mol. The SMILES string of the molecule is CC(CNc1ncc(N)s1)C1CC1. The lowest BCUT2D eigenvalue weighted by Crippen LogP contribution is -2.12. The number of nitrogens with one attached hydrogen (secondary N) is 1. The topological polar surface area (TPSA) is 50.9 Å². The number of nitrogens with two attached hydrogens (primary N) is 1. The van der Waals surface area contributed by atoms with Gasteiger partial charge in [-0.1, -0.05) is 18.3 Å². The van der Waals surface area contributed by atoms with E-state index in [1.54, 1.807) is 6.20 Å². The van der Waals surface area contributed by atoms with E-state index in [0.29, 0.717) is 0 Å². The predicted molar refractivity (Wildman–Crippen MR) is 56.9 cm³/mol. The van der Waals surface area contributed by atoms with E-state index in [1.165, 1.54) is 24.2 Å². The van der Waals surface area contributed by atoms with Crippen LogP contribution in [0.25, 0.3) is 0 Å². The molecule has 0 amide bonds. The van der Waals surface area contributed by atoms with E-state index >= 15 is 0 Å². The Morgan fingerprint density at radius 2 is 2.54 bits per heavy atom. The van der Waals surface area contributed by atoms with E-state index in [9.17, 15) is 0 Å². The number of anilines is 2. The molecule has 1 fully saturated rings. The van der Waals surface area contributed by atoms with Crippen LogP contribution in [0.3, 0.4) is 0 Å². The first kappa shape index (κ1) is 8.81. The summed E-state index contributed by atoms with van der Waals surface area (Å²) >= 11 is 1.52.